The lowest BCUT2D eigenvalue weighted by atomic mass is 9.95. The van der Waals surface area contributed by atoms with Crippen molar-refractivity contribution in [2.24, 2.45) is 5.73 Å². The van der Waals surface area contributed by atoms with E-state index >= 15 is 0 Å². The van der Waals surface area contributed by atoms with Gasteiger partial charge in [0, 0.05) is 12.0 Å². The molecule has 1 rings (SSSR count). The molecule has 0 aromatic carbocycles. The highest BCUT2D eigenvalue weighted by Crippen LogP contribution is 2.10. The Kier molecular flexibility index (Phi) is 1.22. The smallest absolute Gasteiger partial charge is 0.0383 e. The molecular formula is C7H10N. The molecular weight excluding hydrogens is 98.1 g/mol. The van der Waals surface area contributed by atoms with Crippen molar-refractivity contribution in [3.63, 3.8) is 0 Å². The zero-order valence-electron chi connectivity index (χ0n) is 4.96. The van der Waals surface area contributed by atoms with Crippen LogP contribution in [0.15, 0.2) is 24.3 Å². The summed E-state index contributed by atoms with van der Waals surface area (Å²) in [4.78, 5) is 0. The minimum Gasteiger partial charge on any atom is -0.322 e. The molecule has 1 heteroatoms. The van der Waals surface area contributed by atoms with Crippen molar-refractivity contribution in [1.29, 1.82) is 0 Å². The number of nitrogens with two attached hydrogens (primary N) is 1. The number of rotatable bonds is 0. The van der Waals surface area contributed by atoms with Crippen molar-refractivity contribution in [1.82, 2.24) is 0 Å². The molecule has 1 atom stereocenters. The average Bonchev–Trinajstić information content (AvgIpc) is 1.65. The second-order valence-corrected chi connectivity index (χ2v) is 2.28. The van der Waals surface area contributed by atoms with E-state index in [-0.39, 0.29) is 5.54 Å². The summed E-state index contributed by atoms with van der Waals surface area (Å²) in [6, 6.07) is 0. The van der Waals surface area contributed by atoms with Gasteiger partial charge in [0.25, 0.3) is 0 Å². The molecule has 0 bridgehead atoms. The number of hydrogen-bond donors (Lipinski definition) is 1. The largest absolute Gasteiger partial charge is 0.322 e. The molecule has 0 saturated carbocycles. The molecule has 43 valence electrons. The van der Waals surface area contributed by atoms with Crippen LogP contribution in [0.3, 0.4) is 0 Å². The molecule has 1 radical (unpaired) electrons. The maximum absolute atomic E-state index is 5.68. The van der Waals surface area contributed by atoms with Crippen LogP contribution in [0.1, 0.15) is 6.92 Å². The third-order valence-electron chi connectivity index (χ3n) is 1.13. The molecule has 0 aromatic heterocycles. The molecule has 0 aliphatic heterocycles. The standard InChI is InChI=1S/C7H10N/c1-7(8)5-3-2-4-6-7/h2-6H,8H2,1H3. The first-order valence-electron chi connectivity index (χ1n) is 2.70. The van der Waals surface area contributed by atoms with Crippen molar-refractivity contribution in [2.75, 3.05) is 0 Å². The molecule has 1 aliphatic carbocycles. The van der Waals surface area contributed by atoms with Crippen LogP contribution < -0.4 is 5.73 Å². The molecule has 2 N–H and O–H groups in total. The van der Waals surface area contributed by atoms with Crippen molar-refractivity contribution < 1.29 is 0 Å². The minimum atomic E-state index is -0.214. The fraction of sp³-hybridized carbons (Fsp3) is 0.286. The Balaban J connectivity index is 2.65. The van der Waals surface area contributed by atoms with E-state index < -0.39 is 0 Å². The van der Waals surface area contributed by atoms with Crippen molar-refractivity contribution in [3.05, 3.63) is 30.7 Å². The Bertz CT molecular complexity index is 131. The molecule has 0 amide bonds. The van der Waals surface area contributed by atoms with Gasteiger partial charge in [-0.3, -0.25) is 0 Å². The number of allylic oxidation sites excluding steroid dienone is 2. The second kappa shape index (κ2) is 1.75. The minimum absolute atomic E-state index is 0.214. The Morgan fingerprint density at radius 1 is 1.25 bits per heavy atom. The second-order valence-electron chi connectivity index (χ2n) is 2.28. The highest BCUT2D eigenvalue weighted by molar-refractivity contribution is 5.27. The van der Waals surface area contributed by atoms with E-state index in [0.717, 1.165) is 0 Å². The zero-order chi connectivity index (χ0) is 6.04. The molecule has 0 heterocycles. The van der Waals surface area contributed by atoms with Gasteiger partial charge in [0.2, 0.25) is 0 Å². The lowest BCUT2D eigenvalue weighted by Crippen LogP contribution is -2.34. The van der Waals surface area contributed by atoms with E-state index in [1.807, 2.05) is 37.6 Å². The molecule has 0 aromatic rings. The third kappa shape index (κ3) is 1.20. The Hall–Kier alpha value is -0.560. The molecule has 0 spiro atoms. The summed E-state index contributed by atoms with van der Waals surface area (Å²) in [7, 11) is 0. The van der Waals surface area contributed by atoms with Crippen LogP contribution in [-0.4, -0.2) is 5.54 Å². The summed E-state index contributed by atoms with van der Waals surface area (Å²) < 4.78 is 0. The predicted octanol–water partition coefficient (Wildman–Crippen LogP) is 1.03. The summed E-state index contributed by atoms with van der Waals surface area (Å²) in [5.74, 6) is 0. The van der Waals surface area contributed by atoms with Crippen molar-refractivity contribution >= 4 is 0 Å². The van der Waals surface area contributed by atoms with E-state index in [2.05, 4.69) is 0 Å². The van der Waals surface area contributed by atoms with Crippen molar-refractivity contribution in [3.8, 4) is 0 Å². The maximum atomic E-state index is 5.68. The lowest BCUT2D eigenvalue weighted by molar-refractivity contribution is 0.692. The van der Waals surface area contributed by atoms with Crippen LogP contribution in [0.25, 0.3) is 0 Å². The molecule has 0 saturated heterocycles. The van der Waals surface area contributed by atoms with Gasteiger partial charge in [-0.25, -0.2) is 0 Å². The third-order valence-corrected chi connectivity index (χ3v) is 1.13. The van der Waals surface area contributed by atoms with Gasteiger partial charge in [0.1, 0.15) is 0 Å². The fourth-order valence-corrected chi connectivity index (χ4v) is 0.645. The zero-order valence-corrected chi connectivity index (χ0v) is 4.96. The Labute approximate surface area is 49.9 Å². The van der Waals surface area contributed by atoms with Crippen LogP contribution in [0.2, 0.25) is 0 Å². The predicted molar refractivity (Wildman–Crippen MR) is 35.2 cm³/mol. The molecule has 1 nitrogen and oxygen atoms in total. The summed E-state index contributed by atoms with van der Waals surface area (Å²) in [5.41, 5.74) is 5.47. The summed E-state index contributed by atoms with van der Waals surface area (Å²) in [6.07, 6.45) is 9.81. The van der Waals surface area contributed by atoms with Gasteiger partial charge < -0.3 is 5.73 Å². The van der Waals surface area contributed by atoms with Gasteiger partial charge in [-0.2, -0.15) is 0 Å². The fourth-order valence-electron chi connectivity index (χ4n) is 0.645. The SMILES string of the molecule is CC1(N)[CH]C=CC=C1. The Morgan fingerprint density at radius 3 is 2.25 bits per heavy atom. The van der Waals surface area contributed by atoms with Crippen molar-refractivity contribution in [2.45, 2.75) is 12.5 Å². The van der Waals surface area contributed by atoms with Crippen LogP contribution >= 0.6 is 0 Å². The quantitative estimate of drug-likeness (QED) is 0.493. The average molecular weight is 108 g/mol. The normalized spacial score (nSPS) is 35.8. The molecule has 1 unspecified atom stereocenters. The van der Waals surface area contributed by atoms with E-state index in [4.69, 9.17) is 5.73 Å². The van der Waals surface area contributed by atoms with Gasteiger partial charge in [0.05, 0.1) is 0 Å². The first-order chi connectivity index (χ1) is 3.71. The van der Waals surface area contributed by atoms with Gasteiger partial charge in [0.15, 0.2) is 0 Å². The van der Waals surface area contributed by atoms with E-state index in [0.29, 0.717) is 0 Å². The highest BCUT2D eigenvalue weighted by Gasteiger charge is 2.12. The van der Waals surface area contributed by atoms with Crippen LogP contribution in [0.5, 0.6) is 0 Å². The van der Waals surface area contributed by atoms with E-state index in [1.54, 1.807) is 0 Å². The summed E-state index contributed by atoms with van der Waals surface area (Å²) in [6.45, 7) is 1.97. The Morgan fingerprint density at radius 2 is 2.00 bits per heavy atom. The molecule has 0 fully saturated rings. The van der Waals surface area contributed by atoms with E-state index in [1.165, 1.54) is 0 Å². The maximum Gasteiger partial charge on any atom is 0.0383 e. The van der Waals surface area contributed by atoms with E-state index in [9.17, 15) is 0 Å². The van der Waals surface area contributed by atoms with Gasteiger partial charge >= 0.3 is 0 Å². The molecule has 1 aliphatic rings. The molecule has 8 heavy (non-hydrogen) atoms. The van der Waals surface area contributed by atoms with Gasteiger partial charge in [-0.1, -0.05) is 24.3 Å². The van der Waals surface area contributed by atoms with Gasteiger partial charge in [-0.15, -0.1) is 0 Å². The van der Waals surface area contributed by atoms with Gasteiger partial charge in [-0.05, 0) is 6.92 Å². The number of hydrogen-bond acceptors (Lipinski definition) is 1. The summed E-state index contributed by atoms with van der Waals surface area (Å²) >= 11 is 0. The van der Waals surface area contributed by atoms with Crippen LogP contribution in [-0.2, 0) is 0 Å². The first kappa shape index (κ1) is 5.57. The highest BCUT2D eigenvalue weighted by atomic mass is 14.7. The topological polar surface area (TPSA) is 26.0 Å². The summed E-state index contributed by atoms with van der Waals surface area (Å²) in [5, 5.41) is 0. The monoisotopic (exact) mass is 108 g/mol. The van der Waals surface area contributed by atoms with Crippen LogP contribution in [0.4, 0.5) is 0 Å². The van der Waals surface area contributed by atoms with Crippen LogP contribution in [0, 0.1) is 6.42 Å². The lowest BCUT2D eigenvalue weighted by Gasteiger charge is -2.18. The first-order valence-corrected chi connectivity index (χ1v) is 2.70.